The number of hydrogen-bond donors (Lipinski definition) is 1. The van der Waals surface area contributed by atoms with E-state index in [1.165, 1.54) is 18.4 Å². The summed E-state index contributed by atoms with van der Waals surface area (Å²) in [5.41, 5.74) is 1.31. The predicted octanol–water partition coefficient (Wildman–Crippen LogP) is 2.21. The van der Waals surface area contributed by atoms with Gasteiger partial charge in [-0.15, -0.1) is 0 Å². The maximum atomic E-state index is 10.3. The molecule has 22 heavy (non-hydrogen) atoms. The van der Waals surface area contributed by atoms with Gasteiger partial charge in [0.25, 0.3) is 0 Å². The molecule has 1 saturated carbocycles. The predicted molar refractivity (Wildman–Crippen MR) is 85.7 cm³/mol. The van der Waals surface area contributed by atoms with Crippen LogP contribution in [-0.4, -0.2) is 54.6 Å². The molecular formula is C18H27NO3. The fourth-order valence-electron chi connectivity index (χ4n) is 3.01. The first kappa shape index (κ1) is 15.9. The average Bonchev–Trinajstić information content (AvgIpc) is 3.39. The molecule has 1 aromatic carbocycles. The third kappa shape index (κ3) is 5.06. The van der Waals surface area contributed by atoms with Gasteiger partial charge in [0, 0.05) is 32.3 Å². The number of hydrogen-bond acceptors (Lipinski definition) is 4. The van der Waals surface area contributed by atoms with Crippen LogP contribution in [-0.2, 0) is 16.0 Å². The fourth-order valence-corrected chi connectivity index (χ4v) is 3.01. The van der Waals surface area contributed by atoms with Gasteiger partial charge in [-0.3, -0.25) is 4.90 Å². The van der Waals surface area contributed by atoms with Crippen LogP contribution in [0.2, 0.25) is 0 Å². The molecule has 1 unspecified atom stereocenters. The van der Waals surface area contributed by atoms with Gasteiger partial charge in [-0.25, -0.2) is 0 Å². The molecule has 0 aromatic heterocycles. The summed E-state index contributed by atoms with van der Waals surface area (Å²) in [5.74, 6) is 0. The number of ether oxygens (including phenoxy) is 2. The highest BCUT2D eigenvalue weighted by Crippen LogP contribution is 2.28. The fraction of sp³-hybridized carbons (Fsp3) is 0.667. The largest absolute Gasteiger partial charge is 0.389 e. The Morgan fingerprint density at radius 1 is 1.14 bits per heavy atom. The topological polar surface area (TPSA) is 41.9 Å². The van der Waals surface area contributed by atoms with Gasteiger partial charge in [-0.1, -0.05) is 30.3 Å². The molecule has 0 amide bonds. The molecule has 3 rings (SSSR count). The Bertz CT molecular complexity index is 429. The molecule has 1 N–H and O–H groups in total. The van der Waals surface area contributed by atoms with Crippen LogP contribution in [0.3, 0.4) is 0 Å². The summed E-state index contributed by atoms with van der Waals surface area (Å²) in [7, 11) is 0. The summed E-state index contributed by atoms with van der Waals surface area (Å²) in [6.07, 6.45) is 4.24. The van der Waals surface area contributed by atoms with E-state index in [0.717, 1.165) is 32.6 Å². The summed E-state index contributed by atoms with van der Waals surface area (Å²) in [4.78, 5) is 2.40. The SMILES string of the molecule is OC(COC1CCOCC1)CN(Cc1ccccc1)C1CC1. The van der Waals surface area contributed by atoms with Crippen molar-refractivity contribution in [2.75, 3.05) is 26.4 Å². The van der Waals surface area contributed by atoms with Crippen molar-refractivity contribution in [2.45, 2.75) is 50.5 Å². The quantitative estimate of drug-likeness (QED) is 0.799. The van der Waals surface area contributed by atoms with Gasteiger partial charge in [0.2, 0.25) is 0 Å². The molecule has 1 aromatic rings. The van der Waals surface area contributed by atoms with Crippen LogP contribution in [0.15, 0.2) is 30.3 Å². The lowest BCUT2D eigenvalue weighted by Gasteiger charge is -2.27. The Balaban J connectivity index is 1.44. The highest BCUT2D eigenvalue weighted by molar-refractivity contribution is 5.15. The van der Waals surface area contributed by atoms with Crippen LogP contribution >= 0.6 is 0 Å². The van der Waals surface area contributed by atoms with E-state index in [2.05, 4.69) is 29.2 Å². The Hall–Kier alpha value is -0.940. The van der Waals surface area contributed by atoms with Crippen molar-refractivity contribution < 1.29 is 14.6 Å². The molecular weight excluding hydrogens is 278 g/mol. The summed E-state index contributed by atoms with van der Waals surface area (Å²) in [6, 6.07) is 11.1. The molecule has 122 valence electrons. The smallest absolute Gasteiger partial charge is 0.0900 e. The van der Waals surface area contributed by atoms with Crippen LogP contribution in [0.25, 0.3) is 0 Å². The van der Waals surface area contributed by atoms with E-state index in [9.17, 15) is 5.11 Å². The van der Waals surface area contributed by atoms with Crippen molar-refractivity contribution in [3.05, 3.63) is 35.9 Å². The van der Waals surface area contributed by atoms with Gasteiger partial charge in [-0.2, -0.15) is 0 Å². The lowest BCUT2D eigenvalue weighted by molar-refractivity contribution is -0.0649. The van der Waals surface area contributed by atoms with Crippen LogP contribution in [0.5, 0.6) is 0 Å². The average molecular weight is 305 g/mol. The number of nitrogens with zero attached hydrogens (tertiary/aromatic N) is 1. The van der Waals surface area contributed by atoms with Crippen molar-refractivity contribution in [1.29, 1.82) is 0 Å². The normalized spacial score (nSPS) is 21.2. The summed E-state index contributed by atoms with van der Waals surface area (Å²) in [6.45, 7) is 3.61. The Kier molecular flexibility index (Phi) is 5.84. The molecule has 4 nitrogen and oxygen atoms in total. The van der Waals surface area contributed by atoms with Gasteiger partial charge >= 0.3 is 0 Å². The standard InChI is InChI=1S/C18H27NO3/c20-17(14-22-18-8-10-21-11-9-18)13-19(16-6-7-16)12-15-4-2-1-3-5-15/h1-5,16-18,20H,6-14H2. The van der Waals surface area contributed by atoms with Crippen LogP contribution < -0.4 is 0 Å². The second kappa shape index (κ2) is 8.06. The van der Waals surface area contributed by atoms with E-state index < -0.39 is 6.10 Å². The molecule has 1 saturated heterocycles. The van der Waals surface area contributed by atoms with E-state index in [-0.39, 0.29) is 6.10 Å². The van der Waals surface area contributed by atoms with E-state index in [1.807, 2.05) is 6.07 Å². The molecule has 0 radical (unpaired) electrons. The number of benzene rings is 1. The Labute approximate surface area is 133 Å². The molecule has 1 aliphatic heterocycles. The third-order valence-electron chi connectivity index (χ3n) is 4.43. The van der Waals surface area contributed by atoms with Crippen molar-refractivity contribution in [3.63, 3.8) is 0 Å². The second-order valence-electron chi connectivity index (χ2n) is 6.45. The molecule has 2 fully saturated rings. The highest BCUT2D eigenvalue weighted by atomic mass is 16.5. The zero-order valence-electron chi connectivity index (χ0n) is 13.2. The molecule has 2 aliphatic rings. The zero-order valence-corrected chi connectivity index (χ0v) is 13.2. The molecule has 1 aliphatic carbocycles. The Morgan fingerprint density at radius 3 is 2.55 bits per heavy atom. The van der Waals surface area contributed by atoms with E-state index in [4.69, 9.17) is 9.47 Å². The second-order valence-corrected chi connectivity index (χ2v) is 6.45. The van der Waals surface area contributed by atoms with Gasteiger partial charge in [0.05, 0.1) is 18.8 Å². The third-order valence-corrected chi connectivity index (χ3v) is 4.43. The van der Waals surface area contributed by atoms with Crippen LogP contribution in [0, 0.1) is 0 Å². The van der Waals surface area contributed by atoms with Crippen LogP contribution in [0.4, 0.5) is 0 Å². The summed E-state index contributed by atoms with van der Waals surface area (Å²) >= 11 is 0. The lowest BCUT2D eigenvalue weighted by Crippen LogP contribution is -2.37. The zero-order chi connectivity index (χ0) is 15.2. The minimum absolute atomic E-state index is 0.256. The molecule has 4 heteroatoms. The first-order valence-corrected chi connectivity index (χ1v) is 8.46. The minimum Gasteiger partial charge on any atom is -0.389 e. The van der Waals surface area contributed by atoms with E-state index >= 15 is 0 Å². The van der Waals surface area contributed by atoms with Crippen LogP contribution in [0.1, 0.15) is 31.2 Å². The van der Waals surface area contributed by atoms with Gasteiger partial charge in [0.1, 0.15) is 0 Å². The molecule has 0 bridgehead atoms. The maximum absolute atomic E-state index is 10.3. The molecule has 0 spiro atoms. The van der Waals surface area contributed by atoms with Crippen molar-refractivity contribution in [1.82, 2.24) is 4.90 Å². The van der Waals surface area contributed by atoms with Crippen molar-refractivity contribution in [2.24, 2.45) is 0 Å². The first-order valence-electron chi connectivity index (χ1n) is 8.46. The summed E-state index contributed by atoms with van der Waals surface area (Å²) in [5, 5.41) is 10.3. The number of aliphatic hydroxyl groups is 1. The molecule has 1 heterocycles. The maximum Gasteiger partial charge on any atom is 0.0900 e. The highest BCUT2D eigenvalue weighted by Gasteiger charge is 2.30. The lowest BCUT2D eigenvalue weighted by atomic mass is 10.1. The molecule has 1 atom stereocenters. The first-order chi connectivity index (χ1) is 10.8. The van der Waals surface area contributed by atoms with Gasteiger partial charge in [0.15, 0.2) is 0 Å². The van der Waals surface area contributed by atoms with E-state index in [0.29, 0.717) is 19.2 Å². The van der Waals surface area contributed by atoms with Gasteiger partial charge < -0.3 is 14.6 Å². The Morgan fingerprint density at radius 2 is 1.86 bits per heavy atom. The van der Waals surface area contributed by atoms with E-state index in [1.54, 1.807) is 0 Å². The monoisotopic (exact) mass is 305 g/mol. The minimum atomic E-state index is -0.410. The van der Waals surface area contributed by atoms with Crippen molar-refractivity contribution >= 4 is 0 Å². The number of aliphatic hydroxyl groups excluding tert-OH is 1. The van der Waals surface area contributed by atoms with Gasteiger partial charge in [-0.05, 0) is 31.2 Å². The number of rotatable bonds is 8. The van der Waals surface area contributed by atoms with Crippen molar-refractivity contribution in [3.8, 4) is 0 Å². The summed E-state index contributed by atoms with van der Waals surface area (Å²) < 4.78 is 11.2.